The van der Waals surface area contributed by atoms with E-state index in [4.69, 9.17) is 4.74 Å². The summed E-state index contributed by atoms with van der Waals surface area (Å²) in [6.45, 7) is -3.12. The van der Waals surface area contributed by atoms with Crippen LogP contribution in [0.5, 0.6) is 5.75 Å². The fourth-order valence-corrected chi connectivity index (χ4v) is 3.33. The van der Waals surface area contributed by atoms with Crippen LogP contribution in [0.25, 0.3) is 0 Å². The Morgan fingerprint density at radius 3 is 2.52 bits per heavy atom. The molecule has 1 amide bonds. The predicted octanol–water partition coefficient (Wildman–Crippen LogP) is 3.69. The molecule has 4 rings (SSSR count). The Morgan fingerprint density at radius 1 is 1.18 bits per heavy atom. The van der Waals surface area contributed by atoms with Crippen LogP contribution in [-0.4, -0.2) is 44.7 Å². The lowest BCUT2D eigenvalue weighted by Gasteiger charge is -2.40. The van der Waals surface area contributed by atoms with Crippen molar-refractivity contribution in [3.8, 4) is 5.75 Å². The topological polar surface area (TPSA) is 77.2 Å². The first-order valence-electron chi connectivity index (χ1n) is 9.46. The Labute approximate surface area is 182 Å². The van der Waals surface area contributed by atoms with Gasteiger partial charge in [0.15, 0.2) is 0 Å². The maximum absolute atomic E-state index is 13.6. The highest BCUT2D eigenvalue weighted by molar-refractivity contribution is 6.07. The van der Waals surface area contributed by atoms with Crippen LogP contribution in [0.4, 0.5) is 37.8 Å². The first-order chi connectivity index (χ1) is 15.5. The zero-order valence-electron chi connectivity index (χ0n) is 16.9. The Morgan fingerprint density at radius 2 is 1.91 bits per heavy atom. The smallest absolute Gasteiger partial charge is 0.416 e. The van der Waals surface area contributed by atoms with Crippen molar-refractivity contribution >= 4 is 17.4 Å². The Kier molecular flexibility index (Phi) is 5.68. The lowest BCUT2D eigenvalue weighted by atomic mass is 10.1. The van der Waals surface area contributed by atoms with E-state index in [1.54, 1.807) is 7.05 Å². The van der Waals surface area contributed by atoms with Crippen molar-refractivity contribution in [3.05, 3.63) is 53.7 Å². The number of aryl methyl sites for hydroxylation is 1. The van der Waals surface area contributed by atoms with Gasteiger partial charge in [-0.1, -0.05) is 0 Å². The van der Waals surface area contributed by atoms with Gasteiger partial charge in [-0.15, -0.1) is 0 Å². The number of nitrogens with one attached hydrogen (secondary N) is 1. The standard InChI is InChI=1S/C19H16F6N6O2/c1-29-7-12(5-26-29)28-16(32)15-6-27-31(18(21)22)17(15)30-8-14(9-30)33-13-3-10(19(23,24)25)2-11(20)4-13/h2-7,14,18H,8-9H2,1H3,(H,28,32). The van der Waals surface area contributed by atoms with Gasteiger partial charge in [0.2, 0.25) is 0 Å². The van der Waals surface area contributed by atoms with E-state index in [0.717, 1.165) is 12.3 Å². The molecule has 1 aromatic carbocycles. The van der Waals surface area contributed by atoms with Crippen molar-refractivity contribution in [3.63, 3.8) is 0 Å². The summed E-state index contributed by atoms with van der Waals surface area (Å²) in [5, 5.41) is 10.00. The zero-order chi connectivity index (χ0) is 23.9. The summed E-state index contributed by atoms with van der Waals surface area (Å²) in [6.07, 6.45) is -1.60. The molecule has 1 N–H and O–H groups in total. The molecule has 1 fully saturated rings. The number of anilines is 2. The number of nitrogens with zero attached hydrogens (tertiary/aromatic N) is 5. The Balaban J connectivity index is 1.49. The maximum atomic E-state index is 13.6. The van der Waals surface area contributed by atoms with E-state index in [2.05, 4.69) is 15.5 Å². The third-order valence-electron chi connectivity index (χ3n) is 4.81. The number of hydrogen-bond donors (Lipinski definition) is 1. The van der Waals surface area contributed by atoms with Crippen LogP contribution in [-0.2, 0) is 13.2 Å². The summed E-state index contributed by atoms with van der Waals surface area (Å²) in [5.74, 6) is -2.35. The molecule has 0 radical (unpaired) electrons. The van der Waals surface area contributed by atoms with Crippen molar-refractivity contribution < 1.29 is 35.9 Å². The fourth-order valence-electron chi connectivity index (χ4n) is 3.33. The predicted molar refractivity (Wildman–Crippen MR) is 103 cm³/mol. The molecule has 1 aliphatic rings. The minimum Gasteiger partial charge on any atom is -0.487 e. The van der Waals surface area contributed by atoms with Gasteiger partial charge in [0.05, 0.1) is 36.7 Å². The molecule has 2 aromatic heterocycles. The van der Waals surface area contributed by atoms with Gasteiger partial charge in [0.25, 0.3) is 5.91 Å². The van der Waals surface area contributed by atoms with E-state index < -0.39 is 36.1 Å². The number of hydrogen-bond acceptors (Lipinski definition) is 5. The van der Waals surface area contributed by atoms with Gasteiger partial charge in [-0.3, -0.25) is 9.48 Å². The summed E-state index contributed by atoms with van der Waals surface area (Å²) >= 11 is 0. The highest BCUT2D eigenvalue weighted by atomic mass is 19.4. The van der Waals surface area contributed by atoms with E-state index in [1.807, 2.05) is 0 Å². The quantitative estimate of drug-likeness (QED) is 0.552. The van der Waals surface area contributed by atoms with E-state index in [1.165, 1.54) is 22.0 Å². The van der Waals surface area contributed by atoms with Gasteiger partial charge in [0, 0.05) is 19.3 Å². The largest absolute Gasteiger partial charge is 0.487 e. The molecular weight excluding hydrogens is 458 g/mol. The number of aromatic nitrogens is 4. The van der Waals surface area contributed by atoms with Crippen LogP contribution < -0.4 is 15.0 Å². The van der Waals surface area contributed by atoms with Gasteiger partial charge >= 0.3 is 12.7 Å². The molecule has 0 bridgehead atoms. The number of ether oxygens (including phenoxy) is 1. The Hall–Kier alpha value is -3.71. The summed E-state index contributed by atoms with van der Waals surface area (Å²) in [6, 6.07) is 1.80. The van der Waals surface area contributed by atoms with Crippen molar-refractivity contribution in [2.24, 2.45) is 7.05 Å². The number of carbonyl (C=O) groups is 1. The summed E-state index contributed by atoms with van der Waals surface area (Å²) < 4.78 is 86.3. The second-order valence-electron chi connectivity index (χ2n) is 7.28. The molecule has 33 heavy (non-hydrogen) atoms. The van der Waals surface area contributed by atoms with Crippen LogP contribution in [0.3, 0.4) is 0 Å². The van der Waals surface area contributed by atoms with Gasteiger partial charge in [-0.25, -0.2) is 4.39 Å². The van der Waals surface area contributed by atoms with Crippen molar-refractivity contribution in [2.75, 3.05) is 23.3 Å². The zero-order valence-corrected chi connectivity index (χ0v) is 16.9. The van der Waals surface area contributed by atoms with Crippen LogP contribution in [0.15, 0.2) is 36.8 Å². The van der Waals surface area contributed by atoms with Gasteiger partial charge in [0.1, 0.15) is 29.1 Å². The maximum Gasteiger partial charge on any atom is 0.416 e. The molecule has 3 heterocycles. The van der Waals surface area contributed by atoms with Gasteiger partial charge < -0.3 is 15.0 Å². The normalized spacial score (nSPS) is 14.5. The minimum absolute atomic E-state index is 0.0382. The molecule has 0 saturated carbocycles. The third-order valence-corrected chi connectivity index (χ3v) is 4.81. The van der Waals surface area contributed by atoms with Crippen LogP contribution >= 0.6 is 0 Å². The summed E-state index contributed by atoms with van der Waals surface area (Å²) in [4.78, 5) is 14.0. The highest BCUT2D eigenvalue weighted by Crippen LogP contribution is 2.34. The third kappa shape index (κ3) is 4.73. The average molecular weight is 474 g/mol. The highest BCUT2D eigenvalue weighted by Gasteiger charge is 2.37. The molecule has 8 nitrogen and oxygen atoms in total. The Bertz CT molecular complexity index is 1170. The number of rotatable bonds is 6. The van der Waals surface area contributed by atoms with Crippen molar-refractivity contribution in [1.82, 2.24) is 19.6 Å². The molecule has 176 valence electrons. The first-order valence-corrected chi connectivity index (χ1v) is 9.46. The minimum atomic E-state index is -4.76. The second kappa shape index (κ2) is 8.33. The lowest BCUT2D eigenvalue weighted by molar-refractivity contribution is -0.137. The van der Waals surface area contributed by atoms with Crippen LogP contribution in [0.2, 0.25) is 0 Å². The number of amides is 1. The number of halogens is 6. The lowest BCUT2D eigenvalue weighted by Crippen LogP contribution is -2.55. The SMILES string of the molecule is Cn1cc(NC(=O)c2cnn(C(F)F)c2N2CC(Oc3cc(F)cc(C(F)(F)F)c3)C2)cn1. The second-order valence-corrected chi connectivity index (χ2v) is 7.28. The van der Waals surface area contributed by atoms with E-state index in [0.29, 0.717) is 22.5 Å². The van der Waals surface area contributed by atoms with Gasteiger partial charge in [-0.05, 0) is 12.1 Å². The summed E-state index contributed by atoms with van der Waals surface area (Å²) in [7, 11) is 1.63. The van der Waals surface area contributed by atoms with E-state index in [-0.39, 0.29) is 30.2 Å². The molecule has 0 atom stereocenters. The molecule has 14 heteroatoms. The van der Waals surface area contributed by atoms with E-state index >= 15 is 0 Å². The van der Waals surface area contributed by atoms with Crippen molar-refractivity contribution in [2.45, 2.75) is 18.8 Å². The first kappa shape index (κ1) is 22.5. The molecule has 3 aromatic rings. The van der Waals surface area contributed by atoms with Crippen molar-refractivity contribution in [1.29, 1.82) is 0 Å². The fraction of sp³-hybridized carbons (Fsp3) is 0.316. The number of carbonyl (C=O) groups excluding carboxylic acids is 1. The van der Waals surface area contributed by atoms with Gasteiger partial charge in [-0.2, -0.15) is 36.8 Å². The molecular formula is C19H16F6N6O2. The molecule has 0 unspecified atom stereocenters. The molecule has 0 spiro atoms. The number of alkyl halides is 5. The summed E-state index contributed by atoms with van der Waals surface area (Å²) in [5.41, 5.74) is -1.00. The average Bonchev–Trinajstić information content (AvgIpc) is 3.29. The monoisotopic (exact) mass is 474 g/mol. The molecule has 1 aliphatic heterocycles. The van der Waals surface area contributed by atoms with Crippen LogP contribution in [0, 0.1) is 5.82 Å². The van der Waals surface area contributed by atoms with E-state index in [9.17, 15) is 31.1 Å². The number of benzene rings is 1. The van der Waals surface area contributed by atoms with Crippen LogP contribution in [0.1, 0.15) is 22.5 Å². The molecule has 1 saturated heterocycles. The molecule has 0 aliphatic carbocycles.